The van der Waals surface area contributed by atoms with Crippen LogP contribution in [0.25, 0.3) is 0 Å². The highest BCUT2D eigenvalue weighted by Gasteiger charge is 2.39. The Bertz CT molecular complexity index is 476. The molecule has 1 saturated carbocycles. The van der Waals surface area contributed by atoms with Crippen LogP contribution in [0.2, 0.25) is 5.15 Å². The molecule has 1 fully saturated rings. The lowest BCUT2D eigenvalue weighted by Crippen LogP contribution is -2.27. The molecule has 1 aromatic heterocycles. The zero-order chi connectivity index (χ0) is 13.5. The first-order valence-electron chi connectivity index (χ1n) is 6.53. The molecule has 3 nitrogen and oxygen atoms in total. The average molecular weight is 269 g/mol. The van der Waals surface area contributed by atoms with Gasteiger partial charge in [0, 0.05) is 24.9 Å². The summed E-state index contributed by atoms with van der Waals surface area (Å²) in [5.74, 6) is 0.490. The molecule has 0 amide bonds. The Morgan fingerprint density at radius 2 is 2.22 bits per heavy atom. The Balaban J connectivity index is 2.17. The van der Waals surface area contributed by atoms with E-state index in [-0.39, 0.29) is 11.3 Å². The summed E-state index contributed by atoms with van der Waals surface area (Å²) in [5, 5.41) is 4.85. The zero-order valence-corrected chi connectivity index (χ0v) is 12.3. The molecular weight excluding hydrogens is 248 g/mol. The number of Topliss-reactive ketones (excluding diaryl/α,β-unsaturated/α-hetero) is 1. The first-order valence-corrected chi connectivity index (χ1v) is 6.91. The Morgan fingerprint density at radius 1 is 1.56 bits per heavy atom. The summed E-state index contributed by atoms with van der Waals surface area (Å²) in [6.07, 6.45) is 3.74. The molecule has 4 heteroatoms. The van der Waals surface area contributed by atoms with E-state index in [0.29, 0.717) is 17.4 Å². The molecule has 0 radical (unpaired) electrons. The standard InChI is InChI=1S/C14H21ClN2O/c1-9-10(13(15)17(4)16-9)8-12(18)11-6-5-7-14(11,2)3/h11H,5-8H2,1-4H3. The topological polar surface area (TPSA) is 34.9 Å². The van der Waals surface area contributed by atoms with Gasteiger partial charge in [0.15, 0.2) is 0 Å². The van der Waals surface area contributed by atoms with E-state index < -0.39 is 0 Å². The fraction of sp³-hybridized carbons (Fsp3) is 0.714. The van der Waals surface area contributed by atoms with E-state index in [1.165, 1.54) is 0 Å². The third kappa shape index (κ3) is 2.33. The Kier molecular flexibility index (Phi) is 3.54. The summed E-state index contributed by atoms with van der Waals surface area (Å²) >= 11 is 6.18. The van der Waals surface area contributed by atoms with Crippen molar-refractivity contribution >= 4 is 17.4 Å². The summed E-state index contributed by atoms with van der Waals surface area (Å²) in [4.78, 5) is 12.4. The molecule has 0 bridgehead atoms. The molecular formula is C14H21ClN2O. The van der Waals surface area contributed by atoms with Crippen LogP contribution < -0.4 is 0 Å². The molecule has 0 N–H and O–H groups in total. The number of aromatic nitrogens is 2. The van der Waals surface area contributed by atoms with Gasteiger partial charge in [-0.2, -0.15) is 5.10 Å². The van der Waals surface area contributed by atoms with Crippen molar-refractivity contribution < 1.29 is 4.79 Å². The molecule has 0 aromatic carbocycles. The number of rotatable bonds is 3. The minimum absolute atomic E-state index is 0.139. The van der Waals surface area contributed by atoms with Gasteiger partial charge in [-0.05, 0) is 25.2 Å². The van der Waals surface area contributed by atoms with Crippen LogP contribution >= 0.6 is 11.6 Å². The monoisotopic (exact) mass is 268 g/mol. The molecule has 0 saturated heterocycles. The van der Waals surface area contributed by atoms with Crippen LogP contribution in [-0.2, 0) is 18.3 Å². The van der Waals surface area contributed by atoms with Crippen molar-refractivity contribution in [2.24, 2.45) is 18.4 Å². The molecule has 0 aliphatic heterocycles. The number of carbonyl (C=O) groups is 1. The fourth-order valence-electron chi connectivity index (χ4n) is 3.10. The van der Waals surface area contributed by atoms with Gasteiger partial charge >= 0.3 is 0 Å². The van der Waals surface area contributed by atoms with Crippen LogP contribution in [0.4, 0.5) is 0 Å². The summed E-state index contributed by atoms with van der Waals surface area (Å²) in [6.45, 7) is 6.30. The Morgan fingerprint density at radius 3 is 2.67 bits per heavy atom. The maximum absolute atomic E-state index is 12.4. The van der Waals surface area contributed by atoms with Gasteiger partial charge in [-0.1, -0.05) is 31.9 Å². The maximum Gasteiger partial charge on any atom is 0.141 e. The van der Waals surface area contributed by atoms with Gasteiger partial charge in [0.2, 0.25) is 0 Å². The van der Waals surface area contributed by atoms with E-state index in [1.54, 1.807) is 4.68 Å². The lowest BCUT2D eigenvalue weighted by atomic mass is 9.78. The van der Waals surface area contributed by atoms with Crippen molar-refractivity contribution in [3.05, 3.63) is 16.4 Å². The van der Waals surface area contributed by atoms with Gasteiger partial charge in [-0.3, -0.25) is 9.48 Å². The molecule has 1 unspecified atom stereocenters. The van der Waals surface area contributed by atoms with Gasteiger partial charge in [0.05, 0.1) is 5.69 Å². The van der Waals surface area contributed by atoms with Crippen LogP contribution in [0.1, 0.15) is 44.4 Å². The second-order valence-corrected chi connectivity index (χ2v) is 6.41. The molecule has 1 aromatic rings. The molecule has 1 heterocycles. The van der Waals surface area contributed by atoms with Crippen LogP contribution in [-0.4, -0.2) is 15.6 Å². The highest BCUT2D eigenvalue weighted by atomic mass is 35.5. The van der Waals surface area contributed by atoms with Crippen LogP contribution in [0.5, 0.6) is 0 Å². The maximum atomic E-state index is 12.4. The first kappa shape index (κ1) is 13.6. The molecule has 18 heavy (non-hydrogen) atoms. The minimum Gasteiger partial charge on any atom is -0.299 e. The smallest absolute Gasteiger partial charge is 0.141 e. The first-order chi connectivity index (χ1) is 8.33. The second kappa shape index (κ2) is 4.69. The van der Waals surface area contributed by atoms with Crippen molar-refractivity contribution in [1.82, 2.24) is 9.78 Å². The van der Waals surface area contributed by atoms with Gasteiger partial charge in [0.1, 0.15) is 10.9 Å². The summed E-state index contributed by atoms with van der Waals surface area (Å²) in [5.41, 5.74) is 1.90. The zero-order valence-electron chi connectivity index (χ0n) is 11.6. The van der Waals surface area contributed by atoms with Gasteiger partial charge in [0.25, 0.3) is 0 Å². The van der Waals surface area contributed by atoms with Crippen molar-refractivity contribution in [2.45, 2.75) is 46.5 Å². The lowest BCUT2D eigenvalue weighted by molar-refractivity contribution is -0.124. The van der Waals surface area contributed by atoms with Crippen LogP contribution in [0, 0.1) is 18.3 Å². The number of halogens is 1. The third-order valence-electron chi connectivity index (χ3n) is 4.27. The Hall–Kier alpha value is -0.830. The van der Waals surface area contributed by atoms with Crippen LogP contribution in [0.3, 0.4) is 0 Å². The van der Waals surface area contributed by atoms with E-state index in [9.17, 15) is 4.79 Å². The van der Waals surface area contributed by atoms with E-state index in [1.807, 2.05) is 14.0 Å². The van der Waals surface area contributed by atoms with E-state index in [2.05, 4.69) is 18.9 Å². The van der Waals surface area contributed by atoms with E-state index in [4.69, 9.17) is 11.6 Å². The van der Waals surface area contributed by atoms with Gasteiger partial charge in [-0.15, -0.1) is 0 Å². The molecule has 0 spiro atoms. The lowest BCUT2D eigenvalue weighted by Gasteiger charge is -2.25. The van der Waals surface area contributed by atoms with E-state index in [0.717, 1.165) is 30.5 Å². The van der Waals surface area contributed by atoms with Crippen molar-refractivity contribution in [3.63, 3.8) is 0 Å². The normalized spacial score (nSPS) is 22.4. The number of hydrogen-bond donors (Lipinski definition) is 0. The van der Waals surface area contributed by atoms with E-state index >= 15 is 0 Å². The number of nitrogens with zero attached hydrogens (tertiary/aromatic N) is 2. The number of carbonyl (C=O) groups excluding carboxylic acids is 1. The molecule has 1 aliphatic rings. The van der Waals surface area contributed by atoms with Crippen molar-refractivity contribution in [2.75, 3.05) is 0 Å². The SMILES string of the molecule is Cc1nn(C)c(Cl)c1CC(=O)C1CCCC1(C)C. The summed E-state index contributed by atoms with van der Waals surface area (Å²) in [7, 11) is 1.81. The largest absolute Gasteiger partial charge is 0.299 e. The summed E-state index contributed by atoms with van der Waals surface area (Å²) < 4.78 is 1.64. The highest BCUT2D eigenvalue weighted by molar-refractivity contribution is 6.30. The predicted molar refractivity (Wildman–Crippen MR) is 72.8 cm³/mol. The van der Waals surface area contributed by atoms with Gasteiger partial charge < -0.3 is 0 Å². The molecule has 100 valence electrons. The molecule has 1 aliphatic carbocycles. The van der Waals surface area contributed by atoms with Crippen molar-refractivity contribution in [3.8, 4) is 0 Å². The number of ketones is 1. The predicted octanol–water partition coefficient (Wildman–Crippen LogP) is 3.32. The molecule has 1 atom stereocenters. The van der Waals surface area contributed by atoms with Gasteiger partial charge in [-0.25, -0.2) is 0 Å². The fourth-order valence-corrected chi connectivity index (χ4v) is 3.34. The quantitative estimate of drug-likeness (QED) is 0.843. The highest BCUT2D eigenvalue weighted by Crippen LogP contribution is 2.43. The second-order valence-electron chi connectivity index (χ2n) is 6.05. The average Bonchev–Trinajstić information content (AvgIpc) is 2.73. The minimum atomic E-state index is 0.139. The van der Waals surface area contributed by atoms with Crippen molar-refractivity contribution in [1.29, 1.82) is 0 Å². The Labute approximate surface area is 114 Å². The number of hydrogen-bond acceptors (Lipinski definition) is 2. The van der Waals surface area contributed by atoms with Crippen LogP contribution in [0.15, 0.2) is 0 Å². The summed E-state index contributed by atoms with van der Waals surface area (Å²) in [6, 6.07) is 0. The number of aryl methyl sites for hydroxylation is 2. The molecule has 2 rings (SSSR count). The third-order valence-corrected chi connectivity index (χ3v) is 4.74.